The third-order valence-corrected chi connectivity index (χ3v) is 6.07. The van der Waals surface area contributed by atoms with Gasteiger partial charge < -0.3 is 25.4 Å². The molecule has 2 heterocycles. The molecule has 0 aliphatic heterocycles. The predicted octanol–water partition coefficient (Wildman–Crippen LogP) is 1.98. The molecule has 34 heavy (non-hydrogen) atoms. The number of thiophene rings is 1. The molecule has 0 radical (unpaired) electrons. The molecule has 0 bridgehead atoms. The van der Waals surface area contributed by atoms with Crippen molar-refractivity contribution in [1.29, 1.82) is 0 Å². The van der Waals surface area contributed by atoms with Crippen LogP contribution in [0.1, 0.15) is 33.9 Å². The second kappa shape index (κ2) is 10.6. The van der Waals surface area contributed by atoms with Crippen LogP contribution >= 0.6 is 11.3 Å². The van der Waals surface area contributed by atoms with Gasteiger partial charge in [0.1, 0.15) is 11.9 Å². The second-order valence-electron chi connectivity index (χ2n) is 7.50. The van der Waals surface area contributed by atoms with Crippen LogP contribution in [-0.2, 0) is 16.1 Å². The van der Waals surface area contributed by atoms with Gasteiger partial charge in [0.2, 0.25) is 0 Å². The van der Waals surface area contributed by atoms with E-state index in [1.54, 1.807) is 31.2 Å². The molecular formula is C23H22N4O6S. The molecular weight excluding hydrogens is 460 g/mol. The minimum atomic E-state index is -1.32. The van der Waals surface area contributed by atoms with Crippen LogP contribution in [-0.4, -0.2) is 50.6 Å². The number of H-pyrrole nitrogens is 1. The Hall–Kier alpha value is -4.17. The SMILES string of the molecule is C#CCN(Cc1ccc2nc(C)[nH]c(=O)c2c1)c1ccc(C(=O)N[C@H](CCC(=O)O)C(=O)O)s1. The van der Waals surface area contributed by atoms with Crippen molar-refractivity contribution in [3.63, 3.8) is 0 Å². The molecule has 3 aromatic rings. The fourth-order valence-corrected chi connectivity index (χ4v) is 4.23. The summed E-state index contributed by atoms with van der Waals surface area (Å²) < 4.78 is 0. The molecule has 0 unspecified atom stereocenters. The lowest BCUT2D eigenvalue weighted by Gasteiger charge is -2.20. The summed E-state index contributed by atoms with van der Waals surface area (Å²) in [5, 5.41) is 21.5. The maximum atomic E-state index is 12.6. The number of carbonyl (C=O) groups is 3. The summed E-state index contributed by atoms with van der Waals surface area (Å²) >= 11 is 1.12. The number of hydrogen-bond acceptors (Lipinski definition) is 7. The maximum absolute atomic E-state index is 12.6. The zero-order chi connectivity index (χ0) is 24.8. The second-order valence-corrected chi connectivity index (χ2v) is 8.56. The molecule has 0 spiro atoms. The minimum Gasteiger partial charge on any atom is -0.481 e. The highest BCUT2D eigenvalue weighted by atomic mass is 32.1. The molecule has 0 aliphatic rings. The Labute approximate surface area is 198 Å². The first-order valence-electron chi connectivity index (χ1n) is 10.2. The lowest BCUT2D eigenvalue weighted by Crippen LogP contribution is -2.40. The summed E-state index contributed by atoms with van der Waals surface area (Å²) in [6.45, 7) is 2.31. The van der Waals surface area contributed by atoms with Gasteiger partial charge in [-0.15, -0.1) is 17.8 Å². The highest BCUT2D eigenvalue weighted by Gasteiger charge is 2.23. The van der Waals surface area contributed by atoms with E-state index in [0.29, 0.717) is 28.3 Å². The van der Waals surface area contributed by atoms with E-state index in [2.05, 4.69) is 21.2 Å². The fourth-order valence-electron chi connectivity index (χ4n) is 3.32. The largest absolute Gasteiger partial charge is 0.481 e. The van der Waals surface area contributed by atoms with Gasteiger partial charge in [-0.05, 0) is 43.2 Å². The van der Waals surface area contributed by atoms with Crippen LogP contribution in [0.25, 0.3) is 10.9 Å². The number of nitrogens with zero attached hydrogens (tertiary/aromatic N) is 2. The van der Waals surface area contributed by atoms with Gasteiger partial charge in [0.15, 0.2) is 0 Å². The van der Waals surface area contributed by atoms with Crippen molar-refractivity contribution in [2.45, 2.75) is 32.4 Å². The molecule has 2 aromatic heterocycles. The molecule has 11 heteroatoms. The third kappa shape index (κ3) is 5.99. The number of carbonyl (C=O) groups excluding carboxylic acids is 1. The van der Waals surface area contributed by atoms with Crippen molar-refractivity contribution in [2.24, 2.45) is 0 Å². The zero-order valence-corrected chi connectivity index (χ0v) is 19.0. The Morgan fingerprint density at radius 3 is 2.71 bits per heavy atom. The van der Waals surface area contributed by atoms with Gasteiger partial charge >= 0.3 is 11.9 Å². The Balaban J connectivity index is 1.78. The van der Waals surface area contributed by atoms with Crippen molar-refractivity contribution in [3.05, 3.63) is 57.0 Å². The number of fused-ring (bicyclic) bond motifs is 1. The first kappa shape index (κ1) is 24.5. The number of aromatic amines is 1. The third-order valence-electron chi connectivity index (χ3n) is 4.92. The van der Waals surface area contributed by atoms with Gasteiger partial charge in [0, 0.05) is 13.0 Å². The summed E-state index contributed by atoms with van der Waals surface area (Å²) in [7, 11) is 0. The number of anilines is 1. The minimum absolute atomic E-state index is 0.229. The molecule has 0 saturated heterocycles. The van der Waals surface area contributed by atoms with Gasteiger partial charge in [0.25, 0.3) is 11.5 Å². The smallest absolute Gasteiger partial charge is 0.326 e. The van der Waals surface area contributed by atoms with Crippen molar-refractivity contribution in [3.8, 4) is 12.3 Å². The Morgan fingerprint density at radius 2 is 2.03 bits per heavy atom. The number of rotatable bonds is 10. The fraction of sp³-hybridized carbons (Fsp3) is 0.261. The van der Waals surface area contributed by atoms with E-state index >= 15 is 0 Å². The number of benzene rings is 1. The lowest BCUT2D eigenvalue weighted by molar-refractivity contribution is -0.140. The molecule has 1 amide bonds. The lowest BCUT2D eigenvalue weighted by atomic mass is 10.1. The van der Waals surface area contributed by atoms with Crippen LogP contribution in [0.4, 0.5) is 5.00 Å². The van der Waals surface area contributed by atoms with Gasteiger partial charge in [-0.25, -0.2) is 9.78 Å². The number of terminal acetylenes is 1. The molecule has 0 saturated carbocycles. The van der Waals surface area contributed by atoms with E-state index in [1.807, 2.05) is 11.0 Å². The summed E-state index contributed by atoms with van der Waals surface area (Å²) in [5.74, 6) is 0.0247. The Bertz CT molecular complexity index is 1340. The van der Waals surface area contributed by atoms with E-state index in [4.69, 9.17) is 11.5 Å². The molecule has 0 fully saturated rings. The summed E-state index contributed by atoms with van der Waals surface area (Å²) in [6, 6.07) is 7.28. The van der Waals surface area contributed by atoms with E-state index < -0.39 is 23.9 Å². The zero-order valence-electron chi connectivity index (χ0n) is 18.2. The molecule has 4 N–H and O–H groups in total. The Kier molecular flexibility index (Phi) is 7.65. The number of hydrogen-bond donors (Lipinski definition) is 4. The van der Waals surface area contributed by atoms with Gasteiger partial charge in [0.05, 0.1) is 27.3 Å². The van der Waals surface area contributed by atoms with Crippen LogP contribution < -0.4 is 15.8 Å². The highest BCUT2D eigenvalue weighted by molar-refractivity contribution is 7.18. The van der Waals surface area contributed by atoms with E-state index in [-0.39, 0.29) is 29.8 Å². The quantitative estimate of drug-likeness (QED) is 0.320. The number of aryl methyl sites for hydroxylation is 1. The van der Waals surface area contributed by atoms with E-state index in [1.165, 1.54) is 0 Å². The van der Waals surface area contributed by atoms with Crippen molar-refractivity contribution in [2.75, 3.05) is 11.4 Å². The summed E-state index contributed by atoms with van der Waals surface area (Å²) in [5.41, 5.74) is 1.16. The summed E-state index contributed by atoms with van der Waals surface area (Å²) in [4.78, 5) is 56.0. The number of carboxylic acid groups (broad SMARTS) is 2. The molecule has 176 valence electrons. The van der Waals surface area contributed by atoms with Gasteiger partial charge in [-0.1, -0.05) is 12.0 Å². The molecule has 1 atom stereocenters. The number of carboxylic acids is 2. The topological polar surface area (TPSA) is 153 Å². The van der Waals surface area contributed by atoms with Crippen LogP contribution in [0, 0.1) is 19.3 Å². The first-order valence-corrected chi connectivity index (χ1v) is 11.0. The van der Waals surface area contributed by atoms with Crippen molar-refractivity contribution >= 4 is 45.1 Å². The average molecular weight is 483 g/mol. The number of aromatic nitrogens is 2. The van der Waals surface area contributed by atoms with Gasteiger partial charge in [-0.2, -0.15) is 0 Å². The number of aliphatic carboxylic acids is 2. The van der Waals surface area contributed by atoms with Gasteiger partial charge in [-0.3, -0.25) is 14.4 Å². The molecule has 0 aliphatic carbocycles. The standard InChI is InChI=1S/C23H22N4O6S/c1-3-10-27(12-14-4-5-16-15(11-14)21(30)25-13(2)24-16)19-8-7-18(34-19)22(31)26-17(23(32)33)6-9-20(28)29/h1,4-5,7-8,11,17H,6,9-10,12H2,2H3,(H,26,31)(H,28,29)(H,32,33)(H,24,25,30)/t17-/m1/s1. The van der Waals surface area contributed by atoms with Crippen LogP contribution in [0.2, 0.25) is 0 Å². The summed E-state index contributed by atoms with van der Waals surface area (Å²) in [6.07, 6.45) is 4.92. The number of nitrogens with one attached hydrogen (secondary N) is 2. The molecule has 3 rings (SSSR count). The monoisotopic (exact) mass is 482 g/mol. The van der Waals surface area contributed by atoms with Crippen molar-refractivity contribution < 1.29 is 24.6 Å². The van der Waals surface area contributed by atoms with E-state index in [0.717, 1.165) is 16.9 Å². The predicted molar refractivity (Wildman–Crippen MR) is 127 cm³/mol. The number of amides is 1. The maximum Gasteiger partial charge on any atom is 0.326 e. The molecule has 10 nitrogen and oxygen atoms in total. The van der Waals surface area contributed by atoms with E-state index in [9.17, 15) is 24.3 Å². The van der Waals surface area contributed by atoms with Crippen LogP contribution in [0.5, 0.6) is 0 Å². The first-order chi connectivity index (χ1) is 16.2. The van der Waals surface area contributed by atoms with Crippen LogP contribution in [0.15, 0.2) is 35.1 Å². The highest BCUT2D eigenvalue weighted by Crippen LogP contribution is 2.28. The average Bonchev–Trinajstić information content (AvgIpc) is 3.26. The van der Waals surface area contributed by atoms with Crippen molar-refractivity contribution in [1.82, 2.24) is 15.3 Å². The Morgan fingerprint density at radius 1 is 1.26 bits per heavy atom. The normalized spacial score (nSPS) is 11.5. The molecule has 1 aromatic carbocycles. The van der Waals surface area contributed by atoms with Crippen LogP contribution in [0.3, 0.4) is 0 Å².